The fourth-order valence-corrected chi connectivity index (χ4v) is 3.58. The van der Waals surface area contributed by atoms with E-state index in [1.165, 1.54) is 38.8 Å². The second-order valence-corrected chi connectivity index (χ2v) is 7.02. The molecule has 0 bridgehead atoms. The minimum atomic E-state index is -0.325. The molecule has 1 fully saturated rings. The summed E-state index contributed by atoms with van der Waals surface area (Å²) in [6.07, 6.45) is 8.45. The molecule has 21 heavy (non-hydrogen) atoms. The summed E-state index contributed by atoms with van der Waals surface area (Å²) < 4.78 is 0. The topological polar surface area (TPSA) is 39.1 Å². The largest absolute Gasteiger partial charge is 0.303 e. The van der Waals surface area contributed by atoms with Crippen molar-refractivity contribution in [1.29, 1.82) is 5.26 Å². The summed E-state index contributed by atoms with van der Waals surface area (Å²) in [5.74, 6) is 0.961. The molecule has 1 aliphatic rings. The van der Waals surface area contributed by atoms with Crippen LogP contribution in [0.1, 0.15) is 72.6 Å². The van der Waals surface area contributed by atoms with E-state index in [4.69, 9.17) is 0 Å². The van der Waals surface area contributed by atoms with E-state index < -0.39 is 0 Å². The third kappa shape index (κ3) is 6.36. The Balaban J connectivity index is 2.30. The molecule has 1 aliphatic heterocycles. The molecule has 1 heterocycles. The summed E-state index contributed by atoms with van der Waals surface area (Å²) in [6.45, 7) is 12.3. The maximum absolute atomic E-state index is 9.53. The van der Waals surface area contributed by atoms with Crippen LogP contribution in [0.2, 0.25) is 0 Å². The second kappa shape index (κ2) is 9.43. The molecule has 0 aromatic carbocycles. The monoisotopic (exact) mass is 293 g/mol. The van der Waals surface area contributed by atoms with E-state index in [9.17, 15) is 5.26 Å². The maximum atomic E-state index is 9.53. The molecule has 0 radical (unpaired) electrons. The molecule has 122 valence electrons. The van der Waals surface area contributed by atoms with Gasteiger partial charge < -0.3 is 4.90 Å². The normalized spacial score (nSPS) is 20.4. The summed E-state index contributed by atoms with van der Waals surface area (Å²) in [5, 5.41) is 13.0. The third-order valence-electron chi connectivity index (χ3n) is 4.86. The van der Waals surface area contributed by atoms with E-state index in [0.29, 0.717) is 6.04 Å². The molecular weight excluding hydrogens is 258 g/mol. The quantitative estimate of drug-likeness (QED) is 0.699. The molecule has 0 aromatic rings. The molecule has 0 spiro atoms. The van der Waals surface area contributed by atoms with Crippen LogP contribution >= 0.6 is 0 Å². The van der Waals surface area contributed by atoms with E-state index >= 15 is 0 Å². The van der Waals surface area contributed by atoms with E-state index in [1.54, 1.807) is 0 Å². The zero-order chi connectivity index (χ0) is 15.7. The zero-order valence-electron chi connectivity index (χ0n) is 14.6. The van der Waals surface area contributed by atoms with Gasteiger partial charge in [0.15, 0.2) is 0 Å². The van der Waals surface area contributed by atoms with Gasteiger partial charge in [-0.3, -0.25) is 5.32 Å². The molecule has 0 aliphatic carbocycles. The molecule has 0 aromatic heterocycles. The van der Waals surface area contributed by atoms with E-state index in [0.717, 1.165) is 31.7 Å². The van der Waals surface area contributed by atoms with Crippen LogP contribution in [0.3, 0.4) is 0 Å². The highest BCUT2D eigenvalue weighted by Gasteiger charge is 2.28. The minimum absolute atomic E-state index is 0.325. The zero-order valence-corrected chi connectivity index (χ0v) is 14.6. The van der Waals surface area contributed by atoms with E-state index in [2.05, 4.69) is 44.0 Å². The highest BCUT2D eigenvalue weighted by molar-refractivity contribution is 5.06. The fourth-order valence-electron chi connectivity index (χ4n) is 3.58. The SMILES string of the molecule is CCCC1CCN(CCCC(C#N)(CC)NC(C)C)CC1. The summed E-state index contributed by atoms with van der Waals surface area (Å²) in [5.41, 5.74) is -0.325. The van der Waals surface area contributed by atoms with E-state index in [-0.39, 0.29) is 5.54 Å². The van der Waals surface area contributed by atoms with Crippen LogP contribution in [0.25, 0.3) is 0 Å². The van der Waals surface area contributed by atoms with Crippen molar-refractivity contribution in [3.8, 4) is 6.07 Å². The molecule has 0 saturated carbocycles. The van der Waals surface area contributed by atoms with Crippen LogP contribution in [0.4, 0.5) is 0 Å². The van der Waals surface area contributed by atoms with E-state index in [1.807, 2.05) is 0 Å². The first kappa shape index (κ1) is 18.5. The third-order valence-corrected chi connectivity index (χ3v) is 4.86. The standard InChI is InChI=1S/C18H35N3/c1-5-8-17-9-13-21(14-10-17)12-7-11-18(6-2,15-19)20-16(3)4/h16-17,20H,5-14H2,1-4H3. The number of piperidine rings is 1. The second-order valence-electron chi connectivity index (χ2n) is 7.02. The molecule has 1 atom stereocenters. The highest BCUT2D eigenvalue weighted by Crippen LogP contribution is 2.23. The van der Waals surface area contributed by atoms with Gasteiger partial charge in [-0.2, -0.15) is 5.26 Å². The first-order chi connectivity index (χ1) is 10.0. The molecule has 3 heteroatoms. The number of hydrogen-bond acceptors (Lipinski definition) is 3. The Hall–Kier alpha value is -0.590. The van der Waals surface area contributed by atoms with Crippen LogP contribution < -0.4 is 5.32 Å². The molecular formula is C18H35N3. The average molecular weight is 293 g/mol. The van der Waals surface area contributed by atoms with Crippen molar-refractivity contribution in [2.75, 3.05) is 19.6 Å². The number of hydrogen-bond donors (Lipinski definition) is 1. The molecule has 3 nitrogen and oxygen atoms in total. The summed E-state index contributed by atoms with van der Waals surface area (Å²) in [6, 6.07) is 2.90. The number of rotatable bonds is 9. The first-order valence-electron chi connectivity index (χ1n) is 8.96. The van der Waals surface area contributed by atoms with Crippen molar-refractivity contribution in [2.24, 2.45) is 5.92 Å². The number of nitriles is 1. The number of nitrogens with one attached hydrogen (secondary N) is 1. The Kier molecular flexibility index (Phi) is 8.29. The lowest BCUT2D eigenvalue weighted by atomic mass is 9.90. The van der Waals surface area contributed by atoms with Crippen LogP contribution in [0, 0.1) is 17.2 Å². The van der Waals surface area contributed by atoms with Crippen molar-refractivity contribution in [1.82, 2.24) is 10.2 Å². The minimum Gasteiger partial charge on any atom is -0.303 e. The van der Waals surface area contributed by atoms with Crippen LogP contribution in [0.5, 0.6) is 0 Å². The fraction of sp³-hybridized carbons (Fsp3) is 0.944. The predicted octanol–water partition coefficient (Wildman–Crippen LogP) is 3.95. The Morgan fingerprint density at radius 3 is 2.43 bits per heavy atom. The Labute approximate surface area is 132 Å². The van der Waals surface area contributed by atoms with Gasteiger partial charge >= 0.3 is 0 Å². The highest BCUT2D eigenvalue weighted by atomic mass is 15.1. The Morgan fingerprint density at radius 1 is 1.29 bits per heavy atom. The molecule has 1 saturated heterocycles. The van der Waals surface area contributed by atoms with Crippen molar-refractivity contribution in [2.45, 2.75) is 84.2 Å². The lowest BCUT2D eigenvalue weighted by Gasteiger charge is -2.33. The molecule has 1 unspecified atom stereocenters. The van der Waals surface area contributed by atoms with Gasteiger partial charge in [-0.25, -0.2) is 0 Å². The van der Waals surface area contributed by atoms with Crippen molar-refractivity contribution < 1.29 is 0 Å². The Morgan fingerprint density at radius 2 is 1.95 bits per heavy atom. The van der Waals surface area contributed by atoms with Gasteiger partial charge in [0.25, 0.3) is 0 Å². The van der Waals surface area contributed by atoms with Gasteiger partial charge in [-0.15, -0.1) is 0 Å². The summed E-state index contributed by atoms with van der Waals surface area (Å²) in [4.78, 5) is 2.60. The first-order valence-corrected chi connectivity index (χ1v) is 8.96. The summed E-state index contributed by atoms with van der Waals surface area (Å²) in [7, 11) is 0. The lowest BCUT2D eigenvalue weighted by molar-refractivity contribution is 0.171. The van der Waals surface area contributed by atoms with Crippen molar-refractivity contribution in [3.63, 3.8) is 0 Å². The molecule has 1 rings (SSSR count). The van der Waals surface area contributed by atoms with Gasteiger partial charge in [0.05, 0.1) is 6.07 Å². The molecule has 0 amide bonds. The van der Waals surface area contributed by atoms with Gasteiger partial charge in [0, 0.05) is 6.04 Å². The van der Waals surface area contributed by atoms with Crippen LogP contribution in [0.15, 0.2) is 0 Å². The lowest BCUT2D eigenvalue weighted by Crippen LogP contribution is -2.47. The number of likely N-dealkylation sites (tertiary alicyclic amines) is 1. The molecule has 1 N–H and O–H groups in total. The maximum Gasteiger partial charge on any atom is 0.106 e. The van der Waals surface area contributed by atoms with Gasteiger partial charge in [-0.1, -0.05) is 26.7 Å². The number of nitrogens with zero attached hydrogens (tertiary/aromatic N) is 2. The predicted molar refractivity (Wildman–Crippen MR) is 90.2 cm³/mol. The van der Waals surface area contributed by atoms with Crippen molar-refractivity contribution >= 4 is 0 Å². The summed E-state index contributed by atoms with van der Waals surface area (Å²) >= 11 is 0. The Bertz CT molecular complexity index is 313. The van der Waals surface area contributed by atoms with Crippen molar-refractivity contribution in [3.05, 3.63) is 0 Å². The smallest absolute Gasteiger partial charge is 0.106 e. The van der Waals surface area contributed by atoms with Gasteiger partial charge in [-0.05, 0) is 71.5 Å². The average Bonchev–Trinajstić information content (AvgIpc) is 2.48. The van der Waals surface area contributed by atoms with Crippen LogP contribution in [-0.4, -0.2) is 36.1 Å². The van der Waals surface area contributed by atoms with Gasteiger partial charge in [0.1, 0.15) is 5.54 Å². The van der Waals surface area contributed by atoms with Crippen LogP contribution in [-0.2, 0) is 0 Å². The van der Waals surface area contributed by atoms with Gasteiger partial charge in [0.2, 0.25) is 0 Å².